The maximum atomic E-state index is 4.26. The number of benzene rings is 1. The first-order valence-corrected chi connectivity index (χ1v) is 5.89. The Morgan fingerprint density at radius 1 is 1.21 bits per heavy atom. The van der Waals surface area contributed by atoms with E-state index in [0.717, 1.165) is 18.2 Å². The van der Waals surface area contributed by atoms with Crippen LogP contribution in [0.5, 0.6) is 0 Å². The Morgan fingerprint density at radius 2 is 1.93 bits per heavy atom. The van der Waals surface area contributed by atoms with E-state index in [2.05, 4.69) is 47.9 Å². The quantitative estimate of drug-likeness (QED) is 0.742. The molecule has 0 amide bonds. The van der Waals surface area contributed by atoms with Gasteiger partial charge in [0.1, 0.15) is 0 Å². The number of likely N-dealkylation sites (tertiary alicyclic amines) is 1. The van der Waals surface area contributed by atoms with Crippen molar-refractivity contribution in [3.8, 4) is 0 Å². The largest absolute Gasteiger partial charge is 0.298 e. The molecule has 0 aliphatic carbocycles. The Labute approximate surface area is 91.5 Å². The van der Waals surface area contributed by atoms with Gasteiger partial charge >= 0.3 is 0 Å². The molecule has 1 nitrogen and oxygen atoms in total. The minimum Gasteiger partial charge on any atom is -0.298 e. The van der Waals surface area contributed by atoms with Gasteiger partial charge in [0.2, 0.25) is 0 Å². The van der Waals surface area contributed by atoms with Gasteiger partial charge in [-0.3, -0.25) is 4.90 Å². The number of hydrogen-bond acceptors (Lipinski definition) is 2. The second-order valence-electron chi connectivity index (χ2n) is 4.06. The van der Waals surface area contributed by atoms with Gasteiger partial charge in [-0.15, -0.1) is 0 Å². The lowest BCUT2D eigenvalue weighted by Gasteiger charge is -2.39. The number of thiol groups is 1. The molecule has 2 rings (SSSR count). The third-order valence-electron chi connectivity index (χ3n) is 2.82. The van der Waals surface area contributed by atoms with Crippen LogP contribution in [0.25, 0.3) is 0 Å². The fourth-order valence-corrected chi connectivity index (χ4v) is 2.38. The van der Waals surface area contributed by atoms with Gasteiger partial charge in [-0.25, -0.2) is 0 Å². The maximum Gasteiger partial charge on any atom is 0.0233 e. The van der Waals surface area contributed by atoms with Crippen LogP contribution in [0.3, 0.4) is 0 Å². The summed E-state index contributed by atoms with van der Waals surface area (Å²) in [5.74, 6) is 1.93. The van der Waals surface area contributed by atoms with Crippen LogP contribution in [-0.4, -0.2) is 23.7 Å². The molecule has 0 spiro atoms. The molecule has 1 saturated heterocycles. The fraction of sp³-hybridized carbons (Fsp3) is 0.500. The highest BCUT2D eigenvalue weighted by atomic mass is 32.1. The van der Waals surface area contributed by atoms with Crippen LogP contribution in [0.1, 0.15) is 12.0 Å². The van der Waals surface area contributed by atoms with Gasteiger partial charge in [-0.05, 0) is 23.7 Å². The number of rotatable bonds is 4. The molecule has 14 heavy (non-hydrogen) atoms. The summed E-state index contributed by atoms with van der Waals surface area (Å²) >= 11 is 4.26. The normalized spacial score (nSPS) is 18.1. The summed E-state index contributed by atoms with van der Waals surface area (Å²) < 4.78 is 0. The van der Waals surface area contributed by atoms with Crippen molar-refractivity contribution in [1.82, 2.24) is 4.90 Å². The van der Waals surface area contributed by atoms with Crippen LogP contribution in [0.2, 0.25) is 0 Å². The van der Waals surface area contributed by atoms with Crippen LogP contribution in [0.15, 0.2) is 30.3 Å². The highest BCUT2D eigenvalue weighted by Crippen LogP contribution is 2.21. The van der Waals surface area contributed by atoms with E-state index < -0.39 is 0 Å². The lowest BCUT2D eigenvalue weighted by atomic mass is 9.96. The summed E-state index contributed by atoms with van der Waals surface area (Å²) in [5.41, 5.74) is 1.43. The summed E-state index contributed by atoms with van der Waals surface area (Å²) in [5, 5.41) is 0. The summed E-state index contributed by atoms with van der Waals surface area (Å²) in [7, 11) is 0. The van der Waals surface area contributed by atoms with Crippen molar-refractivity contribution >= 4 is 12.6 Å². The summed E-state index contributed by atoms with van der Waals surface area (Å²) in [6.07, 6.45) is 1.27. The highest BCUT2D eigenvalue weighted by molar-refractivity contribution is 7.80. The molecule has 0 atom stereocenters. The van der Waals surface area contributed by atoms with Crippen LogP contribution >= 0.6 is 12.6 Å². The second-order valence-corrected chi connectivity index (χ2v) is 4.51. The zero-order chi connectivity index (χ0) is 9.80. The molecule has 0 unspecified atom stereocenters. The highest BCUT2D eigenvalue weighted by Gasteiger charge is 2.25. The van der Waals surface area contributed by atoms with Gasteiger partial charge in [0.15, 0.2) is 0 Å². The zero-order valence-electron chi connectivity index (χ0n) is 8.39. The smallest absolute Gasteiger partial charge is 0.0233 e. The summed E-state index contributed by atoms with van der Waals surface area (Å²) in [4.78, 5) is 2.50. The molecule has 2 heteroatoms. The molecule has 0 N–H and O–H groups in total. The zero-order valence-corrected chi connectivity index (χ0v) is 9.29. The standard InChI is InChI=1S/C12H17NS/c14-7-6-12-9-13(10-12)8-11-4-2-1-3-5-11/h1-5,12,14H,6-10H2. The van der Waals surface area contributed by atoms with Gasteiger partial charge in [0, 0.05) is 19.6 Å². The molecule has 1 aromatic carbocycles. The van der Waals surface area contributed by atoms with Gasteiger partial charge in [0.05, 0.1) is 0 Å². The van der Waals surface area contributed by atoms with Crippen LogP contribution in [-0.2, 0) is 6.54 Å². The maximum absolute atomic E-state index is 4.26. The lowest BCUT2D eigenvalue weighted by Crippen LogP contribution is -2.45. The molecule has 1 aliphatic rings. The minimum absolute atomic E-state index is 0.899. The third-order valence-corrected chi connectivity index (χ3v) is 3.08. The van der Waals surface area contributed by atoms with Gasteiger partial charge in [0.25, 0.3) is 0 Å². The predicted molar refractivity (Wildman–Crippen MR) is 63.7 cm³/mol. The Kier molecular flexibility index (Phi) is 3.49. The molecule has 0 aromatic heterocycles. The van der Waals surface area contributed by atoms with Crippen LogP contribution < -0.4 is 0 Å². The SMILES string of the molecule is SCCC1CN(Cc2ccccc2)C1. The van der Waals surface area contributed by atoms with Crippen molar-refractivity contribution in [2.24, 2.45) is 5.92 Å². The molecule has 0 saturated carbocycles. The summed E-state index contributed by atoms with van der Waals surface area (Å²) in [6, 6.07) is 10.7. The Morgan fingerprint density at radius 3 is 2.57 bits per heavy atom. The lowest BCUT2D eigenvalue weighted by molar-refractivity contribution is 0.0907. The van der Waals surface area contributed by atoms with Crippen molar-refractivity contribution < 1.29 is 0 Å². The third kappa shape index (κ3) is 2.52. The van der Waals surface area contributed by atoms with E-state index in [1.165, 1.54) is 25.1 Å². The average molecular weight is 207 g/mol. The Bertz CT molecular complexity index is 267. The van der Waals surface area contributed by atoms with E-state index in [0.29, 0.717) is 0 Å². The van der Waals surface area contributed by atoms with Crippen molar-refractivity contribution in [2.75, 3.05) is 18.8 Å². The van der Waals surface area contributed by atoms with E-state index >= 15 is 0 Å². The predicted octanol–water partition coefficient (Wildman–Crippen LogP) is 2.44. The van der Waals surface area contributed by atoms with E-state index in [9.17, 15) is 0 Å². The monoisotopic (exact) mass is 207 g/mol. The molecule has 76 valence electrons. The molecule has 1 aromatic rings. The van der Waals surface area contributed by atoms with E-state index in [1.807, 2.05) is 0 Å². The molecule has 1 fully saturated rings. The van der Waals surface area contributed by atoms with Crippen LogP contribution in [0.4, 0.5) is 0 Å². The first-order valence-electron chi connectivity index (χ1n) is 5.25. The van der Waals surface area contributed by atoms with Crippen LogP contribution in [0, 0.1) is 5.92 Å². The van der Waals surface area contributed by atoms with Crippen molar-refractivity contribution in [2.45, 2.75) is 13.0 Å². The molecule has 0 radical (unpaired) electrons. The molecular weight excluding hydrogens is 190 g/mol. The van der Waals surface area contributed by atoms with Crippen molar-refractivity contribution in [3.63, 3.8) is 0 Å². The second kappa shape index (κ2) is 4.85. The number of nitrogens with zero attached hydrogens (tertiary/aromatic N) is 1. The molecule has 1 aliphatic heterocycles. The topological polar surface area (TPSA) is 3.24 Å². The molecular formula is C12H17NS. The molecule has 0 bridgehead atoms. The summed E-state index contributed by atoms with van der Waals surface area (Å²) in [6.45, 7) is 3.63. The number of hydrogen-bond donors (Lipinski definition) is 1. The fourth-order valence-electron chi connectivity index (χ4n) is 2.01. The van der Waals surface area contributed by atoms with Crippen molar-refractivity contribution in [3.05, 3.63) is 35.9 Å². The van der Waals surface area contributed by atoms with E-state index in [1.54, 1.807) is 0 Å². The Hall–Kier alpha value is -0.470. The average Bonchev–Trinajstić information content (AvgIpc) is 2.16. The Balaban J connectivity index is 1.74. The van der Waals surface area contributed by atoms with Gasteiger partial charge in [-0.1, -0.05) is 30.3 Å². The first kappa shape index (κ1) is 10.1. The minimum atomic E-state index is 0.899. The van der Waals surface area contributed by atoms with Gasteiger partial charge < -0.3 is 0 Å². The first-order chi connectivity index (χ1) is 6.88. The van der Waals surface area contributed by atoms with E-state index in [4.69, 9.17) is 0 Å². The molecule has 1 heterocycles. The van der Waals surface area contributed by atoms with Crippen molar-refractivity contribution in [1.29, 1.82) is 0 Å². The van der Waals surface area contributed by atoms with Gasteiger partial charge in [-0.2, -0.15) is 12.6 Å². The van der Waals surface area contributed by atoms with E-state index in [-0.39, 0.29) is 0 Å².